The highest BCUT2D eigenvalue weighted by molar-refractivity contribution is 5.69. The number of rotatable bonds is 0. The third kappa shape index (κ3) is 2.84. The van der Waals surface area contributed by atoms with Crippen molar-refractivity contribution < 1.29 is 23.4 Å². The van der Waals surface area contributed by atoms with Gasteiger partial charge in [0.1, 0.15) is 11.4 Å². The Bertz CT molecular complexity index is 552. The molecule has 20 heavy (non-hydrogen) atoms. The standard InChI is InChI=1S/C14H17F2NO3/c1-14(2,3)20-13(19)17-5-4-8-9(7-17)11(18)6-10(15)12(8)16/h6,18H,4-5,7H2,1-3H3. The van der Waals surface area contributed by atoms with Crippen LogP contribution in [0.2, 0.25) is 0 Å². The van der Waals surface area contributed by atoms with Gasteiger partial charge in [0, 0.05) is 23.7 Å². The molecule has 0 aromatic heterocycles. The fourth-order valence-corrected chi connectivity index (χ4v) is 2.14. The number of hydrogen-bond donors (Lipinski definition) is 1. The van der Waals surface area contributed by atoms with Crippen LogP contribution in [0, 0.1) is 11.6 Å². The fraction of sp³-hybridized carbons (Fsp3) is 0.500. The average molecular weight is 285 g/mol. The van der Waals surface area contributed by atoms with Crippen LogP contribution in [0.3, 0.4) is 0 Å². The normalized spacial score (nSPS) is 14.9. The van der Waals surface area contributed by atoms with Gasteiger partial charge in [0.25, 0.3) is 0 Å². The van der Waals surface area contributed by atoms with E-state index in [1.807, 2.05) is 0 Å². The van der Waals surface area contributed by atoms with Crippen LogP contribution >= 0.6 is 0 Å². The summed E-state index contributed by atoms with van der Waals surface area (Å²) in [6, 6.07) is 0.729. The molecular weight excluding hydrogens is 268 g/mol. The zero-order valence-corrected chi connectivity index (χ0v) is 11.7. The SMILES string of the molecule is CC(C)(C)OC(=O)N1CCc2c(F)c(F)cc(O)c2C1. The molecule has 0 atom stereocenters. The number of aromatic hydroxyl groups is 1. The molecule has 1 aliphatic rings. The molecule has 0 radical (unpaired) electrons. The van der Waals surface area contributed by atoms with E-state index in [0.717, 1.165) is 6.07 Å². The average Bonchev–Trinajstić information content (AvgIpc) is 2.33. The molecular formula is C14H17F2NO3. The van der Waals surface area contributed by atoms with Gasteiger partial charge in [0.2, 0.25) is 0 Å². The van der Waals surface area contributed by atoms with Crippen molar-refractivity contribution in [1.29, 1.82) is 0 Å². The molecule has 0 unspecified atom stereocenters. The molecule has 0 bridgehead atoms. The molecule has 4 nitrogen and oxygen atoms in total. The summed E-state index contributed by atoms with van der Waals surface area (Å²) in [6.45, 7) is 5.47. The number of carbonyl (C=O) groups is 1. The minimum Gasteiger partial charge on any atom is -0.507 e. The van der Waals surface area contributed by atoms with Crippen molar-refractivity contribution in [2.24, 2.45) is 0 Å². The van der Waals surface area contributed by atoms with E-state index in [2.05, 4.69) is 0 Å². The number of hydrogen-bond acceptors (Lipinski definition) is 3. The van der Waals surface area contributed by atoms with E-state index in [0.29, 0.717) is 0 Å². The molecule has 110 valence electrons. The maximum absolute atomic E-state index is 13.6. The molecule has 1 N–H and O–H groups in total. The molecule has 0 aliphatic carbocycles. The Kier molecular flexibility index (Phi) is 3.58. The van der Waals surface area contributed by atoms with Crippen molar-refractivity contribution in [2.45, 2.75) is 39.3 Å². The lowest BCUT2D eigenvalue weighted by Crippen LogP contribution is -2.40. The molecule has 0 spiro atoms. The maximum atomic E-state index is 13.6. The van der Waals surface area contributed by atoms with Crippen LogP contribution in [-0.2, 0) is 17.7 Å². The van der Waals surface area contributed by atoms with Gasteiger partial charge in [-0.3, -0.25) is 0 Å². The Morgan fingerprint density at radius 1 is 1.35 bits per heavy atom. The number of halogens is 2. The van der Waals surface area contributed by atoms with Crippen LogP contribution in [0.5, 0.6) is 5.75 Å². The molecule has 6 heteroatoms. The molecule has 0 saturated carbocycles. The van der Waals surface area contributed by atoms with Gasteiger partial charge in [-0.05, 0) is 27.2 Å². The summed E-state index contributed by atoms with van der Waals surface area (Å²) >= 11 is 0. The minimum absolute atomic E-state index is 0.00722. The predicted molar refractivity (Wildman–Crippen MR) is 68.4 cm³/mol. The summed E-state index contributed by atoms with van der Waals surface area (Å²) in [5.74, 6) is -2.37. The number of phenols is 1. The zero-order valence-electron chi connectivity index (χ0n) is 11.7. The third-order valence-corrected chi connectivity index (χ3v) is 3.04. The van der Waals surface area contributed by atoms with Crippen LogP contribution < -0.4 is 0 Å². The van der Waals surface area contributed by atoms with E-state index < -0.39 is 23.3 Å². The molecule has 1 aliphatic heterocycles. The van der Waals surface area contributed by atoms with E-state index in [4.69, 9.17) is 4.74 Å². The Labute approximate surface area is 116 Å². The highest BCUT2D eigenvalue weighted by Crippen LogP contribution is 2.31. The second-order valence-electron chi connectivity index (χ2n) is 5.80. The van der Waals surface area contributed by atoms with Crippen molar-refractivity contribution >= 4 is 6.09 Å². The highest BCUT2D eigenvalue weighted by atomic mass is 19.2. The number of fused-ring (bicyclic) bond motifs is 1. The Hall–Kier alpha value is -1.85. The Morgan fingerprint density at radius 3 is 2.60 bits per heavy atom. The van der Waals surface area contributed by atoms with Gasteiger partial charge < -0.3 is 14.7 Å². The van der Waals surface area contributed by atoms with Crippen LogP contribution in [-0.4, -0.2) is 28.2 Å². The van der Waals surface area contributed by atoms with Crippen molar-refractivity contribution in [3.05, 3.63) is 28.8 Å². The van der Waals surface area contributed by atoms with Crippen LogP contribution in [0.15, 0.2) is 6.07 Å². The topological polar surface area (TPSA) is 49.8 Å². The molecule has 1 aromatic carbocycles. The van der Waals surface area contributed by atoms with Gasteiger partial charge in [-0.1, -0.05) is 0 Å². The van der Waals surface area contributed by atoms with E-state index in [-0.39, 0.29) is 36.4 Å². The van der Waals surface area contributed by atoms with Crippen molar-refractivity contribution in [2.75, 3.05) is 6.54 Å². The van der Waals surface area contributed by atoms with Crippen molar-refractivity contribution in [1.82, 2.24) is 4.90 Å². The first-order valence-corrected chi connectivity index (χ1v) is 6.35. The number of carbonyl (C=O) groups excluding carboxylic acids is 1. The second-order valence-corrected chi connectivity index (χ2v) is 5.80. The molecule has 0 saturated heterocycles. The molecule has 1 heterocycles. The lowest BCUT2D eigenvalue weighted by molar-refractivity contribution is 0.0221. The van der Waals surface area contributed by atoms with Gasteiger partial charge in [0.05, 0.1) is 6.54 Å². The quantitative estimate of drug-likeness (QED) is 0.797. The number of amides is 1. The van der Waals surface area contributed by atoms with E-state index in [1.165, 1.54) is 4.90 Å². The molecule has 1 amide bonds. The smallest absolute Gasteiger partial charge is 0.410 e. The summed E-state index contributed by atoms with van der Waals surface area (Å²) in [5.41, 5.74) is -0.267. The van der Waals surface area contributed by atoms with Gasteiger partial charge in [0.15, 0.2) is 11.6 Å². The van der Waals surface area contributed by atoms with E-state index in [9.17, 15) is 18.7 Å². The largest absolute Gasteiger partial charge is 0.507 e. The summed E-state index contributed by atoms with van der Waals surface area (Å²) in [5, 5.41) is 9.71. The summed E-state index contributed by atoms with van der Waals surface area (Å²) < 4.78 is 32.1. The van der Waals surface area contributed by atoms with E-state index in [1.54, 1.807) is 20.8 Å². The number of nitrogens with zero attached hydrogens (tertiary/aromatic N) is 1. The zero-order chi connectivity index (χ0) is 15.1. The van der Waals surface area contributed by atoms with Crippen LogP contribution in [0.25, 0.3) is 0 Å². The first-order chi connectivity index (χ1) is 9.19. The predicted octanol–water partition coefficient (Wildman–Crippen LogP) is 2.96. The maximum Gasteiger partial charge on any atom is 0.410 e. The van der Waals surface area contributed by atoms with Crippen LogP contribution in [0.1, 0.15) is 31.9 Å². The summed E-state index contributed by atoms with van der Waals surface area (Å²) in [7, 11) is 0. The van der Waals surface area contributed by atoms with Crippen molar-refractivity contribution in [3.8, 4) is 5.75 Å². The Morgan fingerprint density at radius 2 is 2.00 bits per heavy atom. The minimum atomic E-state index is -1.08. The number of phenolic OH excluding ortho intramolecular Hbond substituents is 1. The first kappa shape index (κ1) is 14.6. The second kappa shape index (κ2) is 4.92. The first-order valence-electron chi connectivity index (χ1n) is 6.35. The third-order valence-electron chi connectivity index (χ3n) is 3.04. The van der Waals surface area contributed by atoms with Crippen LogP contribution in [0.4, 0.5) is 13.6 Å². The number of benzene rings is 1. The monoisotopic (exact) mass is 285 g/mol. The highest BCUT2D eigenvalue weighted by Gasteiger charge is 2.29. The van der Waals surface area contributed by atoms with Gasteiger partial charge in [-0.15, -0.1) is 0 Å². The number of ether oxygens (including phenoxy) is 1. The van der Waals surface area contributed by atoms with Gasteiger partial charge in [-0.2, -0.15) is 0 Å². The Balaban J connectivity index is 2.24. The van der Waals surface area contributed by atoms with Crippen molar-refractivity contribution in [3.63, 3.8) is 0 Å². The van der Waals surface area contributed by atoms with E-state index >= 15 is 0 Å². The molecule has 0 fully saturated rings. The molecule has 1 aromatic rings. The lowest BCUT2D eigenvalue weighted by Gasteiger charge is -2.31. The molecule has 2 rings (SSSR count). The fourth-order valence-electron chi connectivity index (χ4n) is 2.14. The van der Waals surface area contributed by atoms with Gasteiger partial charge in [-0.25, -0.2) is 13.6 Å². The van der Waals surface area contributed by atoms with Gasteiger partial charge >= 0.3 is 6.09 Å². The lowest BCUT2D eigenvalue weighted by atomic mass is 9.98. The summed E-state index contributed by atoms with van der Waals surface area (Å²) in [4.78, 5) is 13.3. The summed E-state index contributed by atoms with van der Waals surface area (Å²) in [6.07, 6.45) is -0.390.